The van der Waals surface area contributed by atoms with Crippen LogP contribution in [0.4, 0.5) is 0 Å². The van der Waals surface area contributed by atoms with E-state index in [-0.39, 0.29) is 17.7 Å². The zero-order valence-electron chi connectivity index (χ0n) is 12.4. The first kappa shape index (κ1) is 14.1. The van der Waals surface area contributed by atoms with E-state index in [4.69, 9.17) is 0 Å². The number of benzene rings is 1. The molecular formula is C17H22N2O2. The molecule has 0 spiro atoms. The standard InChI is InChI=1S/C17H22N2O2/c1-2-11-3-6-13(7-4-11)16(20)18-19-17(21)15-10-12-5-8-14(15)9-12/h3-4,6-7,12,14-15H,2,5,8-10H2,1H3,(H,18,20)(H,19,21). The average Bonchev–Trinajstić information content (AvgIpc) is 3.15. The first-order valence-electron chi connectivity index (χ1n) is 7.86. The zero-order chi connectivity index (χ0) is 14.8. The second-order valence-corrected chi connectivity index (χ2v) is 6.28. The van der Waals surface area contributed by atoms with Crippen LogP contribution in [0.5, 0.6) is 0 Å². The number of nitrogens with one attached hydrogen (secondary N) is 2. The van der Waals surface area contributed by atoms with Crippen molar-refractivity contribution < 1.29 is 9.59 Å². The molecule has 2 saturated carbocycles. The van der Waals surface area contributed by atoms with E-state index >= 15 is 0 Å². The molecule has 3 atom stereocenters. The molecule has 112 valence electrons. The Hall–Kier alpha value is -1.84. The molecule has 2 bridgehead atoms. The Morgan fingerprint density at radius 2 is 1.86 bits per heavy atom. The fourth-order valence-corrected chi connectivity index (χ4v) is 3.74. The number of carbonyl (C=O) groups is 2. The summed E-state index contributed by atoms with van der Waals surface area (Å²) < 4.78 is 0. The van der Waals surface area contributed by atoms with E-state index in [0.29, 0.717) is 11.5 Å². The fourth-order valence-electron chi connectivity index (χ4n) is 3.74. The van der Waals surface area contributed by atoms with Crippen molar-refractivity contribution in [3.63, 3.8) is 0 Å². The van der Waals surface area contributed by atoms with Gasteiger partial charge in [0, 0.05) is 11.5 Å². The van der Waals surface area contributed by atoms with Crippen LogP contribution >= 0.6 is 0 Å². The lowest BCUT2D eigenvalue weighted by atomic mass is 9.88. The van der Waals surface area contributed by atoms with E-state index in [2.05, 4.69) is 17.8 Å². The van der Waals surface area contributed by atoms with Gasteiger partial charge >= 0.3 is 0 Å². The van der Waals surface area contributed by atoms with Gasteiger partial charge in [0.2, 0.25) is 5.91 Å². The van der Waals surface area contributed by atoms with Crippen molar-refractivity contribution in [2.24, 2.45) is 17.8 Å². The van der Waals surface area contributed by atoms with Crippen LogP contribution in [0.3, 0.4) is 0 Å². The van der Waals surface area contributed by atoms with Gasteiger partial charge in [-0.05, 0) is 55.2 Å². The molecule has 21 heavy (non-hydrogen) atoms. The van der Waals surface area contributed by atoms with Crippen LogP contribution in [0.15, 0.2) is 24.3 Å². The molecule has 2 N–H and O–H groups in total. The highest BCUT2D eigenvalue weighted by Crippen LogP contribution is 2.48. The average molecular weight is 286 g/mol. The van der Waals surface area contributed by atoms with Crippen LogP contribution in [0.1, 0.15) is 48.5 Å². The molecule has 0 saturated heterocycles. The first-order valence-corrected chi connectivity index (χ1v) is 7.86. The Kier molecular flexibility index (Phi) is 3.95. The van der Waals surface area contributed by atoms with Crippen molar-refractivity contribution in [1.82, 2.24) is 10.9 Å². The van der Waals surface area contributed by atoms with Crippen molar-refractivity contribution in [2.75, 3.05) is 0 Å². The van der Waals surface area contributed by atoms with Crippen molar-refractivity contribution in [2.45, 2.75) is 39.0 Å². The van der Waals surface area contributed by atoms with Gasteiger partial charge in [0.25, 0.3) is 5.91 Å². The monoisotopic (exact) mass is 286 g/mol. The predicted molar refractivity (Wildman–Crippen MR) is 80.4 cm³/mol. The van der Waals surface area contributed by atoms with Gasteiger partial charge in [-0.15, -0.1) is 0 Å². The van der Waals surface area contributed by atoms with Crippen LogP contribution in [0, 0.1) is 17.8 Å². The van der Waals surface area contributed by atoms with Gasteiger partial charge < -0.3 is 0 Å². The summed E-state index contributed by atoms with van der Waals surface area (Å²) in [6, 6.07) is 7.45. The van der Waals surface area contributed by atoms with Crippen LogP contribution in [-0.2, 0) is 11.2 Å². The molecular weight excluding hydrogens is 264 g/mol. The number of amides is 2. The van der Waals surface area contributed by atoms with Crippen molar-refractivity contribution in [3.05, 3.63) is 35.4 Å². The second kappa shape index (κ2) is 5.88. The summed E-state index contributed by atoms with van der Waals surface area (Å²) in [5.41, 5.74) is 6.89. The van der Waals surface area contributed by atoms with Gasteiger partial charge in [0.05, 0.1) is 0 Å². The molecule has 2 aliphatic rings. The summed E-state index contributed by atoms with van der Waals surface area (Å²) in [5.74, 6) is 1.06. The minimum absolute atomic E-state index is 0.0271. The van der Waals surface area contributed by atoms with E-state index in [0.717, 1.165) is 25.2 Å². The number of fused-ring (bicyclic) bond motifs is 2. The molecule has 0 aromatic heterocycles. The number of hydrogen-bond acceptors (Lipinski definition) is 2. The summed E-state index contributed by atoms with van der Waals surface area (Å²) in [4.78, 5) is 24.1. The van der Waals surface area contributed by atoms with E-state index in [9.17, 15) is 9.59 Å². The van der Waals surface area contributed by atoms with Crippen molar-refractivity contribution >= 4 is 11.8 Å². The summed E-state index contributed by atoms with van der Waals surface area (Å²) >= 11 is 0. The highest BCUT2D eigenvalue weighted by atomic mass is 16.2. The lowest BCUT2D eigenvalue weighted by Gasteiger charge is -2.20. The number of carbonyl (C=O) groups excluding carboxylic acids is 2. The van der Waals surface area contributed by atoms with E-state index in [1.54, 1.807) is 12.1 Å². The van der Waals surface area contributed by atoms with Crippen LogP contribution in [0.25, 0.3) is 0 Å². The van der Waals surface area contributed by atoms with Gasteiger partial charge in [-0.2, -0.15) is 0 Å². The molecule has 4 nitrogen and oxygen atoms in total. The zero-order valence-corrected chi connectivity index (χ0v) is 12.4. The van der Waals surface area contributed by atoms with Gasteiger partial charge in [0.15, 0.2) is 0 Å². The smallest absolute Gasteiger partial charge is 0.269 e. The number of hydrazine groups is 1. The fraction of sp³-hybridized carbons (Fsp3) is 0.529. The summed E-state index contributed by atoms with van der Waals surface area (Å²) in [6.07, 6.45) is 5.55. The second-order valence-electron chi connectivity index (χ2n) is 6.28. The Balaban J connectivity index is 1.52. The van der Waals surface area contributed by atoms with Crippen molar-refractivity contribution in [3.8, 4) is 0 Å². The van der Waals surface area contributed by atoms with E-state index in [1.165, 1.54) is 18.4 Å². The van der Waals surface area contributed by atoms with Crippen LogP contribution in [-0.4, -0.2) is 11.8 Å². The molecule has 2 aliphatic carbocycles. The minimum atomic E-state index is -0.255. The van der Waals surface area contributed by atoms with Gasteiger partial charge in [-0.1, -0.05) is 25.5 Å². The molecule has 2 amide bonds. The maximum Gasteiger partial charge on any atom is 0.269 e. The molecule has 0 heterocycles. The molecule has 0 aliphatic heterocycles. The Labute approximate surface area is 125 Å². The van der Waals surface area contributed by atoms with Crippen molar-refractivity contribution in [1.29, 1.82) is 0 Å². The number of aryl methyl sites for hydroxylation is 1. The summed E-state index contributed by atoms with van der Waals surface area (Å²) in [7, 11) is 0. The topological polar surface area (TPSA) is 58.2 Å². The maximum absolute atomic E-state index is 12.1. The number of hydrogen-bond donors (Lipinski definition) is 2. The third-order valence-electron chi connectivity index (χ3n) is 5.00. The highest BCUT2D eigenvalue weighted by Gasteiger charge is 2.43. The van der Waals surface area contributed by atoms with Gasteiger partial charge in [-0.3, -0.25) is 20.4 Å². The lowest BCUT2D eigenvalue weighted by molar-refractivity contribution is -0.127. The van der Waals surface area contributed by atoms with Crippen LogP contribution in [0.2, 0.25) is 0 Å². The normalized spacial score (nSPS) is 26.6. The highest BCUT2D eigenvalue weighted by molar-refractivity contribution is 5.95. The maximum atomic E-state index is 12.1. The molecule has 1 aromatic rings. The van der Waals surface area contributed by atoms with E-state index in [1.807, 2.05) is 12.1 Å². The van der Waals surface area contributed by atoms with E-state index < -0.39 is 0 Å². The Bertz CT molecular complexity index is 538. The summed E-state index contributed by atoms with van der Waals surface area (Å²) in [6.45, 7) is 2.07. The first-order chi connectivity index (χ1) is 10.2. The quantitative estimate of drug-likeness (QED) is 0.839. The number of rotatable bonds is 3. The largest absolute Gasteiger partial charge is 0.273 e. The summed E-state index contributed by atoms with van der Waals surface area (Å²) in [5, 5.41) is 0. The minimum Gasteiger partial charge on any atom is -0.273 e. The van der Waals surface area contributed by atoms with Gasteiger partial charge in [-0.25, -0.2) is 0 Å². The Morgan fingerprint density at radius 3 is 2.43 bits per heavy atom. The lowest BCUT2D eigenvalue weighted by Crippen LogP contribution is -2.45. The third kappa shape index (κ3) is 2.94. The molecule has 2 fully saturated rings. The van der Waals surface area contributed by atoms with Crippen LogP contribution < -0.4 is 10.9 Å². The molecule has 3 unspecified atom stereocenters. The third-order valence-corrected chi connectivity index (χ3v) is 5.00. The molecule has 4 heteroatoms. The molecule has 1 aromatic carbocycles. The molecule has 3 rings (SSSR count). The predicted octanol–water partition coefficient (Wildman–Crippen LogP) is 2.45. The Morgan fingerprint density at radius 1 is 1.10 bits per heavy atom. The van der Waals surface area contributed by atoms with Gasteiger partial charge in [0.1, 0.15) is 0 Å². The molecule has 0 radical (unpaired) electrons. The SMILES string of the molecule is CCc1ccc(C(=O)NNC(=O)C2CC3CCC2C3)cc1.